The van der Waals surface area contributed by atoms with Crippen molar-refractivity contribution in [2.24, 2.45) is 0 Å². The van der Waals surface area contributed by atoms with Crippen molar-refractivity contribution in [1.29, 1.82) is 0 Å². The SMILES string of the molecule is CCn1cncc1C(=O)N1CCC[C@@]1(C)C(=O)NC1CCCC1. The number of imidazole rings is 1. The van der Waals surface area contributed by atoms with Gasteiger partial charge < -0.3 is 14.8 Å². The molecule has 1 aromatic rings. The Labute approximate surface area is 137 Å². The van der Waals surface area contributed by atoms with E-state index in [0.29, 0.717) is 18.8 Å². The third kappa shape index (κ3) is 2.86. The lowest BCUT2D eigenvalue weighted by Crippen LogP contribution is -2.57. The number of rotatable bonds is 4. The zero-order chi connectivity index (χ0) is 16.4. The highest BCUT2D eigenvalue weighted by Crippen LogP contribution is 2.31. The van der Waals surface area contributed by atoms with Crippen LogP contribution in [0.2, 0.25) is 0 Å². The van der Waals surface area contributed by atoms with Crippen molar-refractivity contribution in [3.05, 3.63) is 18.2 Å². The van der Waals surface area contributed by atoms with Crippen molar-refractivity contribution in [3.8, 4) is 0 Å². The van der Waals surface area contributed by atoms with E-state index in [2.05, 4.69) is 10.3 Å². The second-order valence-corrected chi connectivity index (χ2v) is 6.85. The van der Waals surface area contributed by atoms with Crippen LogP contribution in [0.1, 0.15) is 62.9 Å². The smallest absolute Gasteiger partial charge is 0.273 e. The van der Waals surface area contributed by atoms with E-state index in [1.165, 1.54) is 12.8 Å². The van der Waals surface area contributed by atoms with Gasteiger partial charge in [-0.25, -0.2) is 4.98 Å². The average molecular weight is 318 g/mol. The third-order valence-corrected chi connectivity index (χ3v) is 5.34. The molecule has 2 heterocycles. The Morgan fingerprint density at radius 1 is 1.35 bits per heavy atom. The normalized spacial score (nSPS) is 25.0. The van der Waals surface area contributed by atoms with Crippen molar-refractivity contribution in [2.75, 3.05) is 6.54 Å². The van der Waals surface area contributed by atoms with E-state index in [-0.39, 0.29) is 17.9 Å². The van der Waals surface area contributed by atoms with Crippen LogP contribution in [0.15, 0.2) is 12.5 Å². The van der Waals surface area contributed by atoms with Gasteiger partial charge in [0.05, 0.1) is 12.5 Å². The van der Waals surface area contributed by atoms with Crippen LogP contribution in [0, 0.1) is 0 Å². The van der Waals surface area contributed by atoms with Crippen molar-refractivity contribution < 1.29 is 9.59 Å². The fraction of sp³-hybridized carbons (Fsp3) is 0.706. The first-order valence-electron chi connectivity index (χ1n) is 8.69. The van der Waals surface area contributed by atoms with Crippen LogP contribution in [0.25, 0.3) is 0 Å². The van der Waals surface area contributed by atoms with Gasteiger partial charge in [-0.3, -0.25) is 9.59 Å². The van der Waals surface area contributed by atoms with Crippen molar-refractivity contribution >= 4 is 11.8 Å². The standard InChI is InChI=1S/C17H26N4O2/c1-3-20-12-18-11-14(20)15(22)21-10-6-9-17(21,2)16(23)19-13-7-4-5-8-13/h11-13H,3-10H2,1-2H3,(H,19,23)/t17-/m0/s1. The van der Waals surface area contributed by atoms with Gasteiger partial charge in [0.25, 0.3) is 5.91 Å². The van der Waals surface area contributed by atoms with Gasteiger partial charge in [-0.15, -0.1) is 0 Å². The molecule has 1 atom stereocenters. The lowest BCUT2D eigenvalue weighted by atomic mass is 9.96. The minimum absolute atomic E-state index is 0.00202. The van der Waals surface area contributed by atoms with E-state index in [1.807, 2.05) is 18.4 Å². The van der Waals surface area contributed by atoms with Crippen LogP contribution < -0.4 is 5.32 Å². The zero-order valence-corrected chi connectivity index (χ0v) is 14.0. The third-order valence-electron chi connectivity index (χ3n) is 5.34. The maximum atomic E-state index is 12.9. The quantitative estimate of drug-likeness (QED) is 0.923. The number of aromatic nitrogens is 2. The van der Waals surface area contributed by atoms with Gasteiger partial charge >= 0.3 is 0 Å². The van der Waals surface area contributed by atoms with Gasteiger partial charge in [0.15, 0.2) is 0 Å². The zero-order valence-electron chi connectivity index (χ0n) is 14.0. The molecule has 0 spiro atoms. The Morgan fingerprint density at radius 2 is 2.09 bits per heavy atom. The lowest BCUT2D eigenvalue weighted by molar-refractivity contribution is -0.130. The highest BCUT2D eigenvalue weighted by molar-refractivity contribution is 5.98. The molecule has 126 valence electrons. The van der Waals surface area contributed by atoms with Crippen molar-refractivity contribution in [2.45, 2.75) is 70.5 Å². The summed E-state index contributed by atoms with van der Waals surface area (Å²) in [6.45, 7) is 5.20. The monoisotopic (exact) mass is 318 g/mol. The minimum Gasteiger partial charge on any atom is -0.351 e. The molecule has 23 heavy (non-hydrogen) atoms. The second kappa shape index (κ2) is 6.34. The van der Waals surface area contributed by atoms with Gasteiger partial charge in [0.2, 0.25) is 5.91 Å². The molecule has 1 aromatic heterocycles. The summed E-state index contributed by atoms with van der Waals surface area (Å²) in [7, 11) is 0. The summed E-state index contributed by atoms with van der Waals surface area (Å²) in [5.41, 5.74) is -0.183. The Bertz CT molecular complexity index is 591. The Morgan fingerprint density at radius 3 is 2.78 bits per heavy atom. The lowest BCUT2D eigenvalue weighted by Gasteiger charge is -2.35. The summed E-state index contributed by atoms with van der Waals surface area (Å²) in [5.74, 6) is -0.0938. The highest BCUT2D eigenvalue weighted by Gasteiger charge is 2.46. The van der Waals surface area contributed by atoms with Crippen molar-refractivity contribution in [3.63, 3.8) is 0 Å². The summed E-state index contributed by atoms with van der Waals surface area (Å²) in [6.07, 6.45) is 9.31. The number of carbonyl (C=O) groups excluding carboxylic acids is 2. The first kappa shape index (κ1) is 16.0. The fourth-order valence-corrected chi connectivity index (χ4v) is 3.83. The molecule has 2 aliphatic rings. The molecule has 0 aromatic carbocycles. The number of carbonyl (C=O) groups is 2. The number of nitrogens with zero attached hydrogens (tertiary/aromatic N) is 3. The van der Waals surface area contributed by atoms with Crippen molar-refractivity contribution in [1.82, 2.24) is 19.8 Å². The topological polar surface area (TPSA) is 67.2 Å². The highest BCUT2D eigenvalue weighted by atomic mass is 16.2. The number of hydrogen-bond donors (Lipinski definition) is 1. The van der Waals surface area contributed by atoms with Gasteiger partial charge in [0.1, 0.15) is 11.2 Å². The predicted octanol–water partition coefficient (Wildman–Crippen LogP) is 1.96. The number of nitrogens with one attached hydrogen (secondary N) is 1. The van der Waals surface area contributed by atoms with Crippen LogP contribution in [-0.4, -0.2) is 44.4 Å². The first-order chi connectivity index (χ1) is 11.1. The van der Waals surface area contributed by atoms with Crippen LogP contribution >= 0.6 is 0 Å². The van der Waals surface area contributed by atoms with Gasteiger partial charge in [0, 0.05) is 19.1 Å². The molecule has 1 aliphatic heterocycles. The Hall–Kier alpha value is -1.85. The molecule has 1 aliphatic carbocycles. The fourth-order valence-electron chi connectivity index (χ4n) is 3.83. The van der Waals surface area contributed by atoms with E-state index < -0.39 is 5.54 Å². The summed E-state index contributed by atoms with van der Waals surface area (Å²) < 4.78 is 1.83. The largest absolute Gasteiger partial charge is 0.351 e. The van der Waals surface area contributed by atoms with E-state index >= 15 is 0 Å². The number of hydrogen-bond acceptors (Lipinski definition) is 3. The molecule has 1 saturated heterocycles. The Kier molecular flexibility index (Phi) is 4.41. The predicted molar refractivity (Wildman–Crippen MR) is 87.0 cm³/mol. The molecule has 1 N–H and O–H groups in total. The molecule has 3 rings (SSSR count). The number of likely N-dealkylation sites (tertiary alicyclic amines) is 1. The molecule has 2 fully saturated rings. The van der Waals surface area contributed by atoms with Crippen LogP contribution in [-0.2, 0) is 11.3 Å². The molecule has 0 radical (unpaired) electrons. The summed E-state index contributed by atoms with van der Waals surface area (Å²) in [6, 6.07) is 0.276. The molecular formula is C17H26N4O2. The molecule has 1 saturated carbocycles. The summed E-state index contributed by atoms with van der Waals surface area (Å²) >= 11 is 0. The van der Waals surface area contributed by atoms with Crippen LogP contribution in [0.4, 0.5) is 0 Å². The molecule has 6 nitrogen and oxygen atoms in total. The van der Waals surface area contributed by atoms with Crippen LogP contribution in [0.5, 0.6) is 0 Å². The summed E-state index contributed by atoms with van der Waals surface area (Å²) in [4.78, 5) is 31.6. The van der Waals surface area contributed by atoms with E-state index in [4.69, 9.17) is 0 Å². The molecule has 0 bridgehead atoms. The summed E-state index contributed by atoms with van der Waals surface area (Å²) in [5, 5.41) is 3.16. The van der Waals surface area contributed by atoms with Gasteiger partial charge in [-0.05, 0) is 39.5 Å². The molecular weight excluding hydrogens is 292 g/mol. The maximum Gasteiger partial charge on any atom is 0.273 e. The second-order valence-electron chi connectivity index (χ2n) is 6.85. The average Bonchev–Trinajstić information content (AvgIpc) is 3.26. The molecule has 2 amide bonds. The maximum absolute atomic E-state index is 12.9. The Balaban J connectivity index is 1.78. The first-order valence-corrected chi connectivity index (χ1v) is 8.69. The minimum atomic E-state index is -0.748. The van der Waals surface area contributed by atoms with E-state index in [9.17, 15) is 9.59 Å². The number of aryl methyl sites for hydroxylation is 1. The van der Waals surface area contributed by atoms with Crippen LogP contribution in [0.3, 0.4) is 0 Å². The van der Waals surface area contributed by atoms with E-state index in [0.717, 1.165) is 25.7 Å². The van der Waals surface area contributed by atoms with Gasteiger partial charge in [-0.1, -0.05) is 12.8 Å². The molecule has 6 heteroatoms. The van der Waals surface area contributed by atoms with E-state index in [1.54, 1.807) is 17.4 Å². The van der Waals surface area contributed by atoms with Gasteiger partial charge in [-0.2, -0.15) is 0 Å². The number of amides is 2. The molecule has 0 unspecified atom stereocenters.